The number of hydrogen-bond donors (Lipinski definition) is 1. The van der Waals surface area contributed by atoms with Crippen LogP contribution in [0.1, 0.15) is 17.5 Å². The molecular formula is C22H29Cl5N2OS. The lowest BCUT2D eigenvalue weighted by atomic mass is 9.96. The Morgan fingerprint density at radius 3 is 2.13 bits per heavy atom. The van der Waals surface area contributed by atoms with Gasteiger partial charge in [-0.3, -0.25) is 4.90 Å². The first kappa shape index (κ1) is 30.9. The molecule has 0 unspecified atom stereocenters. The van der Waals surface area contributed by atoms with Crippen LogP contribution >= 0.6 is 73.0 Å². The van der Waals surface area contributed by atoms with E-state index in [9.17, 15) is 0 Å². The van der Waals surface area contributed by atoms with E-state index in [2.05, 4.69) is 52.3 Å². The summed E-state index contributed by atoms with van der Waals surface area (Å²) in [4.78, 5) is 7.45. The average molecular weight is 547 g/mol. The normalized spacial score (nSPS) is 16.6. The van der Waals surface area contributed by atoms with Crippen LogP contribution in [-0.2, 0) is 0 Å². The van der Waals surface area contributed by atoms with Crippen molar-refractivity contribution >= 4 is 78.6 Å². The third-order valence-electron chi connectivity index (χ3n) is 5.30. The van der Waals surface area contributed by atoms with Gasteiger partial charge >= 0.3 is 0 Å². The summed E-state index contributed by atoms with van der Waals surface area (Å²) in [5, 5.41) is 9.87. The van der Waals surface area contributed by atoms with Crippen LogP contribution < -0.4 is 0 Å². The topological polar surface area (TPSA) is 26.7 Å². The predicted molar refractivity (Wildman–Crippen MR) is 143 cm³/mol. The molecule has 31 heavy (non-hydrogen) atoms. The van der Waals surface area contributed by atoms with E-state index in [0.717, 1.165) is 50.7 Å². The number of halogens is 5. The van der Waals surface area contributed by atoms with Gasteiger partial charge in [0.05, 0.1) is 6.61 Å². The van der Waals surface area contributed by atoms with Gasteiger partial charge in [0.1, 0.15) is 0 Å². The molecule has 174 valence electrons. The molecule has 2 heterocycles. The number of rotatable bonds is 5. The molecule has 0 bridgehead atoms. The molecule has 1 saturated heterocycles. The number of fused-ring (bicyclic) bond motifs is 2. The summed E-state index contributed by atoms with van der Waals surface area (Å²) in [5.41, 5.74) is 3.87. The van der Waals surface area contributed by atoms with Gasteiger partial charge in [0, 0.05) is 54.1 Å². The van der Waals surface area contributed by atoms with E-state index in [-0.39, 0.29) is 56.2 Å². The van der Waals surface area contributed by atoms with Crippen molar-refractivity contribution in [2.45, 2.75) is 16.2 Å². The number of aliphatic hydroxyl groups is 1. The quantitative estimate of drug-likeness (QED) is 0.430. The first-order chi connectivity index (χ1) is 13.2. The van der Waals surface area contributed by atoms with Gasteiger partial charge in [-0.15, -0.1) is 49.6 Å². The second-order valence-electron chi connectivity index (χ2n) is 7.05. The molecule has 0 amide bonds. The molecule has 2 aliphatic heterocycles. The van der Waals surface area contributed by atoms with Gasteiger partial charge in [-0.25, -0.2) is 0 Å². The van der Waals surface area contributed by atoms with E-state index in [0.29, 0.717) is 0 Å². The maximum absolute atomic E-state index is 9.08. The van der Waals surface area contributed by atoms with Crippen LogP contribution in [0.25, 0.3) is 5.57 Å². The fourth-order valence-electron chi connectivity index (χ4n) is 3.83. The molecule has 0 aromatic heterocycles. The Morgan fingerprint density at radius 2 is 1.45 bits per heavy atom. The minimum atomic E-state index is 0. The fraction of sp³-hybridized carbons (Fsp3) is 0.364. The van der Waals surface area contributed by atoms with E-state index in [1.165, 1.54) is 26.5 Å². The number of β-amino-alcohol motifs (C(OH)–C–C–N with tert-alkyl or cyclic N) is 1. The smallest absolute Gasteiger partial charge is 0.0558 e. The molecule has 0 aliphatic carbocycles. The van der Waals surface area contributed by atoms with Crippen molar-refractivity contribution in [1.29, 1.82) is 0 Å². The predicted octanol–water partition coefficient (Wildman–Crippen LogP) is 5.92. The molecule has 1 N–H and O–H groups in total. The largest absolute Gasteiger partial charge is 0.395 e. The monoisotopic (exact) mass is 544 g/mol. The van der Waals surface area contributed by atoms with Crippen molar-refractivity contribution in [2.75, 3.05) is 45.9 Å². The molecule has 2 aromatic carbocycles. The average Bonchev–Trinajstić information content (AvgIpc) is 2.69. The Hall–Kier alpha value is -0.140. The lowest BCUT2D eigenvalue weighted by molar-refractivity contribution is 0.114. The van der Waals surface area contributed by atoms with Gasteiger partial charge in [-0.2, -0.15) is 0 Å². The summed E-state index contributed by atoms with van der Waals surface area (Å²) >= 11 is 8.12. The molecule has 3 nitrogen and oxygen atoms in total. The Balaban J connectivity index is 0.00000225. The maximum Gasteiger partial charge on any atom is 0.0558 e. The van der Waals surface area contributed by atoms with Crippen LogP contribution in [0.5, 0.6) is 0 Å². The number of aliphatic hydroxyl groups excluding tert-OH is 1. The van der Waals surface area contributed by atoms with Gasteiger partial charge in [0.15, 0.2) is 0 Å². The van der Waals surface area contributed by atoms with Crippen LogP contribution in [0.2, 0.25) is 5.02 Å². The van der Waals surface area contributed by atoms with E-state index < -0.39 is 0 Å². The molecule has 2 aromatic rings. The summed E-state index contributed by atoms with van der Waals surface area (Å²) in [6, 6.07) is 14.8. The van der Waals surface area contributed by atoms with Crippen LogP contribution in [0.4, 0.5) is 0 Å². The van der Waals surface area contributed by atoms with Crippen molar-refractivity contribution in [2.24, 2.45) is 0 Å². The van der Waals surface area contributed by atoms with Crippen molar-refractivity contribution in [3.8, 4) is 0 Å². The number of piperazine rings is 1. The highest BCUT2D eigenvalue weighted by molar-refractivity contribution is 7.99. The maximum atomic E-state index is 9.08. The molecule has 0 spiro atoms. The molecule has 0 atom stereocenters. The van der Waals surface area contributed by atoms with Crippen LogP contribution in [-0.4, -0.2) is 60.8 Å². The van der Waals surface area contributed by atoms with E-state index in [1.54, 1.807) is 0 Å². The Kier molecular flexibility index (Phi) is 14.8. The standard InChI is InChI=1S/C22H25ClN2OS.4ClH/c23-17-7-8-22-20(16-17)18(19-4-1-2-6-21(19)27-22)5-3-9-24-10-12-25(13-11-24)14-15-26;;;;/h1-2,4-8,16,26H,3,9-15H2;4*1H/b18-5-;;;;. The van der Waals surface area contributed by atoms with Crippen LogP contribution in [0, 0.1) is 0 Å². The lowest BCUT2D eigenvalue weighted by Gasteiger charge is -2.34. The second kappa shape index (κ2) is 14.9. The summed E-state index contributed by atoms with van der Waals surface area (Å²) in [5.74, 6) is 0. The van der Waals surface area contributed by atoms with Crippen molar-refractivity contribution in [3.05, 3.63) is 64.7 Å². The minimum absolute atomic E-state index is 0. The Morgan fingerprint density at radius 1 is 0.839 bits per heavy atom. The molecule has 9 heteroatoms. The summed E-state index contributed by atoms with van der Waals surface area (Å²) in [6.45, 7) is 6.39. The molecular weight excluding hydrogens is 518 g/mol. The highest BCUT2D eigenvalue weighted by atomic mass is 35.5. The highest BCUT2D eigenvalue weighted by Gasteiger charge is 2.21. The minimum Gasteiger partial charge on any atom is -0.395 e. The van der Waals surface area contributed by atoms with E-state index in [4.69, 9.17) is 16.7 Å². The first-order valence-electron chi connectivity index (χ1n) is 9.57. The van der Waals surface area contributed by atoms with Crippen molar-refractivity contribution in [3.63, 3.8) is 0 Å². The van der Waals surface area contributed by atoms with Crippen molar-refractivity contribution < 1.29 is 5.11 Å². The molecule has 0 radical (unpaired) electrons. The van der Waals surface area contributed by atoms with Gasteiger partial charge in [-0.1, -0.05) is 47.6 Å². The zero-order valence-corrected chi connectivity index (χ0v) is 21.9. The number of benzene rings is 2. The SMILES string of the molecule is Cl.Cl.Cl.Cl.OCCN1CCN(CC/C=C2/c3ccccc3Sc3ccc(Cl)cc32)CC1. The lowest BCUT2D eigenvalue weighted by Crippen LogP contribution is -2.47. The third-order valence-corrected chi connectivity index (χ3v) is 6.69. The van der Waals surface area contributed by atoms with Crippen LogP contribution in [0.15, 0.2) is 58.3 Å². The Bertz CT molecular complexity index is 844. The van der Waals surface area contributed by atoms with Crippen molar-refractivity contribution in [1.82, 2.24) is 9.80 Å². The molecule has 4 rings (SSSR count). The summed E-state index contributed by atoms with van der Waals surface area (Å²) in [6.07, 6.45) is 3.41. The van der Waals surface area contributed by atoms with Crippen LogP contribution in [0.3, 0.4) is 0 Å². The van der Waals surface area contributed by atoms with Gasteiger partial charge in [0.25, 0.3) is 0 Å². The van der Waals surface area contributed by atoms with E-state index >= 15 is 0 Å². The van der Waals surface area contributed by atoms with E-state index in [1.807, 2.05) is 17.8 Å². The number of hydrogen-bond acceptors (Lipinski definition) is 4. The fourth-order valence-corrected chi connectivity index (χ4v) is 5.09. The number of nitrogens with zero attached hydrogens (tertiary/aromatic N) is 2. The molecule has 1 fully saturated rings. The van der Waals surface area contributed by atoms with Gasteiger partial charge in [-0.05, 0) is 47.4 Å². The molecule has 0 saturated carbocycles. The van der Waals surface area contributed by atoms with Gasteiger partial charge in [0.2, 0.25) is 0 Å². The summed E-state index contributed by atoms with van der Waals surface area (Å²) < 4.78 is 0. The zero-order valence-electron chi connectivity index (χ0n) is 17.0. The second-order valence-corrected chi connectivity index (χ2v) is 8.57. The third kappa shape index (κ3) is 7.70. The Labute approximate surface area is 219 Å². The highest BCUT2D eigenvalue weighted by Crippen LogP contribution is 2.46. The molecule has 2 aliphatic rings. The summed E-state index contributed by atoms with van der Waals surface area (Å²) in [7, 11) is 0. The van der Waals surface area contributed by atoms with Gasteiger partial charge < -0.3 is 10.0 Å². The first-order valence-corrected chi connectivity index (χ1v) is 10.8. The zero-order chi connectivity index (χ0) is 18.6.